The maximum atomic E-state index is 12.6. The Hall–Kier alpha value is -2.42. The number of benzene rings is 1. The second-order valence-corrected chi connectivity index (χ2v) is 7.91. The Balaban J connectivity index is 2.17. The Morgan fingerprint density at radius 3 is 2.47 bits per heavy atom. The minimum atomic E-state index is -0.531. The standard InChI is InChI=1S/C21H26ClN3O4S/c1-4-10-23-17(26)11-25(3)12-18(27)24-20-19(21(28)29-5-2)15(13-30-20)14-8-6-7-9-16(14)22/h6-9,13H,4-5,10-12H2,1-3H3,(H,23,26)(H,24,27). The molecule has 0 bridgehead atoms. The third kappa shape index (κ3) is 6.55. The number of nitrogens with zero attached hydrogens (tertiary/aromatic N) is 1. The highest BCUT2D eigenvalue weighted by molar-refractivity contribution is 7.15. The Morgan fingerprint density at radius 1 is 1.10 bits per heavy atom. The van der Waals surface area contributed by atoms with E-state index in [1.807, 2.05) is 13.0 Å². The van der Waals surface area contributed by atoms with E-state index >= 15 is 0 Å². The molecule has 30 heavy (non-hydrogen) atoms. The van der Waals surface area contributed by atoms with Crippen molar-refractivity contribution in [1.29, 1.82) is 0 Å². The van der Waals surface area contributed by atoms with Crippen molar-refractivity contribution in [3.05, 3.63) is 40.2 Å². The molecule has 1 aromatic heterocycles. The molecule has 0 unspecified atom stereocenters. The number of carbonyl (C=O) groups is 3. The average Bonchev–Trinajstić information content (AvgIpc) is 3.09. The number of ether oxygens (including phenoxy) is 1. The number of hydrogen-bond acceptors (Lipinski definition) is 6. The minimum Gasteiger partial charge on any atom is -0.462 e. The summed E-state index contributed by atoms with van der Waals surface area (Å²) in [4.78, 5) is 38.5. The molecule has 0 fully saturated rings. The highest BCUT2D eigenvalue weighted by Gasteiger charge is 2.24. The summed E-state index contributed by atoms with van der Waals surface area (Å²) in [6.07, 6.45) is 0.846. The van der Waals surface area contributed by atoms with Gasteiger partial charge in [-0.25, -0.2) is 4.79 Å². The van der Waals surface area contributed by atoms with Crippen LogP contribution < -0.4 is 10.6 Å². The van der Waals surface area contributed by atoms with Gasteiger partial charge < -0.3 is 15.4 Å². The van der Waals surface area contributed by atoms with Gasteiger partial charge in [0, 0.05) is 28.1 Å². The van der Waals surface area contributed by atoms with Crippen LogP contribution in [0.2, 0.25) is 5.02 Å². The number of anilines is 1. The van der Waals surface area contributed by atoms with E-state index in [1.54, 1.807) is 42.5 Å². The topological polar surface area (TPSA) is 87.7 Å². The molecular formula is C21H26ClN3O4S. The van der Waals surface area contributed by atoms with Crippen LogP contribution in [-0.4, -0.2) is 56.0 Å². The normalized spacial score (nSPS) is 10.7. The zero-order chi connectivity index (χ0) is 22.1. The molecule has 1 aromatic carbocycles. The van der Waals surface area contributed by atoms with Gasteiger partial charge in [-0.05, 0) is 26.5 Å². The van der Waals surface area contributed by atoms with Gasteiger partial charge in [-0.15, -0.1) is 11.3 Å². The molecule has 2 amide bonds. The molecule has 0 aliphatic heterocycles. The molecule has 0 aliphatic rings. The van der Waals surface area contributed by atoms with Crippen molar-refractivity contribution in [2.45, 2.75) is 20.3 Å². The second-order valence-electron chi connectivity index (χ2n) is 6.62. The number of likely N-dealkylation sites (N-methyl/N-ethyl adjacent to an activating group) is 1. The summed E-state index contributed by atoms with van der Waals surface area (Å²) in [6.45, 7) is 4.60. The molecule has 0 aliphatic carbocycles. The van der Waals surface area contributed by atoms with Gasteiger partial charge in [0.15, 0.2) is 0 Å². The maximum Gasteiger partial charge on any atom is 0.341 e. The molecule has 2 N–H and O–H groups in total. The number of esters is 1. The first-order valence-corrected chi connectivity index (χ1v) is 10.9. The van der Waals surface area contributed by atoms with Gasteiger partial charge in [0.2, 0.25) is 11.8 Å². The van der Waals surface area contributed by atoms with Crippen LogP contribution in [0.5, 0.6) is 0 Å². The molecule has 0 atom stereocenters. The highest BCUT2D eigenvalue weighted by Crippen LogP contribution is 2.39. The average molecular weight is 452 g/mol. The second kappa shape index (κ2) is 11.7. The fraction of sp³-hybridized carbons (Fsp3) is 0.381. The number of hydrogen-bond donors (Lipinski definition) is 2. The highest BCUT2D eigenvalue weighted by atomic mass is 35.5. The fourth-order valence-electron chi connectivity index (χ4n) is 2.77. The monoisotopic (exact) mass is 451 g/mol. The molecular weight excluding hydrogens is 426 g/mol. The predicted octanol–water partition coefficient (Wildman–Crippen LogP) is 3.64. The summed E-state index contributed by atoms with van der Waals surface area (Å²) in [6, 6.07) is 7.17. The smallest absolute Gasteiger partial charge is 0.341 e. The van der Waals surface area contributed by atoms with Crippen molar-refractivity contribution in [2.24, 2.45) is 0 Å². The van der Waals surface area contributed by atoms with Gasteiger partial charge in [-0.2, -0.15) is 0 Å². The third-order valence-corrected chi connectivity index (χ3v) is 5.31. The summed E-state index contributed by atoms with van der Waals surface area (Å²) >= 11 is 7.53. The lowest BCUT2D eigenvalue weighted by Gasteiger charge is -2.16. The van der Waals surface area contributed by atoms with Crippen LogP contribution in [0.3, 0.4) is 0 Å². The molecule has 0 saturated heterocycles. The van der Waals surface area contributed by atoms with Crippen molar-refractivity contribution in [1.82, 2.24) is 10.2 Å². The van der Waals surface area contributed by atoms with Crippen molar-refractivity contribution in [3.63, 3.8) is 0 Å². The van der Waals surface area contributed by atoms with Crippen molar-refractivity contribution < 1.29 is 19.1 Å². The molecule has 0 saturated carbocycles. The first-order valence-electron chi connectivity index (χ1n) is 9.65. The van der Waals surface area contributed by atoms with Crippen LogP contribution in [0.15, 0.2) is 29.6 Å². The van der Waals surface area contributed by atoms with E-state index in [1.165, 1.54) is 11.3 Å². The van der Waals surface area contributed by atoms with E-state index < -0.39 is 5.97 Å². The first-order chi connectivity index (χ1) is 14.4. The maximum absolute atomic E-state index is 12.6. The number of carbonyl (C=O) groups excluding carboxylic acids is 3. The summed E-state index contributed by atoms with van der Waals surface area (Å²) in [5.41, 5.74) is 1.56. The molecule has 1 heterocycles. The lowest BCUT2D eigenvalue weighted by Crippen LogP contribution is -2.39. The van der Waals surface area contributed by atoms with Gasteiger partial charge in [0.1, 0.15) is 10.6 Å². The predicted molar refractivity (Wildman–Crippen MR) is 120 cm³/mol. The number of thiophene rings is 1. The summed E-state index contributed by atoms with van der Waals surface area (Å²) in [7, 11) is 1.68. The van der Waals surface area contributed by atoms with Crippen LogP contribution in [0.1, 0.15) is 30.6 Å². The van der Waals surface area contributed by atoms with E-state index in [2.05, 4.69) is 10.6 Å². The van der Waals surface area contributed by atoms with Crippen molar-refractivity contribution in [2.75, 3.05) is 38.6 Å². The molecule has 0 radical (unpaired) electrons. The largest absolute Gasteiger partial charge is 0.462 e. The Bertz CT molecular complexity index is 900. The van der Waals surface area contributed by atoms with Gasteiger partial charge in [-0.3, -0.25) is 14.5 Å². The lowest BCUT2D eigenvalue weighted by molar-refractivity contribution is -0.122. The van der Waals surface area contributed by atoms with Crippen LogP contribution in [0.25, 0.3) is 11.1 Å². The first kappa shape index (κ1) is 23.9. The van der Waals surface area contributed by atoms with Crippen LogP contribution in [0, 0.1) is 0 Å². The third-order valence-electron chi connectivity index (χ3n) is 4.09. The van der Waals surface area contributed by atoms with E-state index in [0.717, 1.165) is 6.42 Å². The Kier molecular flexibility index (Phi) is 9.29. The number of nitrogens with one attached hydrogen (secondary N) is 2. The summed E-state index contributed by atoms with van der Waals surface area (Å²) < 4.78 is 5.19. The van der Waals surface area contributed by atoms with E-state index in [4.69, 9.17) is 16.3 Å². The molecule has 9 heteroatoms. The zero-order valence-electron chi connectivity index (χ0n) is 17.3. The quantitative estimate of drug-likeness (QED) is 0.538. The SMILES string of the molecule is CCCNC(=O)CN(C)CC(=O)Nc1scc(-c2ccccc2Cl)c1C(=O)OCC. The van der Waals surface area contributed by atoms with Crippen LogP contribution in [-0.2, 0) is 14.3 Å². The molecule has 2 rings (SSSR count). The molecule has 162 valence electrons. The zero-order valence-corrected chi connectivity index (χ0v) is 18.9. The molecule has 2 aromatic rings. The van der Waals surface area contributed by atoms with Gasteiger partial charge in [0.25, 0.3) is 0 Å². The van der Waals surface area contributed by atoms with Crippen molar-refractivity contribution >= 4 is 45.7 Å². The molecule has 7 nitrogen and oxygen atoms in total. The van der Waals surface area contributed by atoms with Crippen molar-refractivity contribution in [3.8, 4) is 11.1 Å². The summed E-state index contributed by atoms with van der Waals surface area (Å²) in [5.74, 6) is -1.01. The number of rotatable bonds is 10. The van der Waals surface area contributed by atoms with E-state index in [0.29, 0.717) is 27.7 Å². The van der Waals surface area contributed by atoms with Crippen LogP contribution >= 0.6 is 22.9 Å². The summed E-state index contributed by atoms with van der Waals surface area (Å²) in [5, 5.41) is 8.19. The lowest BCUT2D eigenvalue weighted by atomic mass is 10.0. The van der Waals surface area contributed by atoms with E-state index in [-0.39, 0.29) is 37.1 Å². The van der Waals surface area contributed by atoms with Crippen LogP contribution in [0.4, 0.5) is 5.00 Å². The van der Waals surface area contributed by atoms with E-state index in [9.17, 15) is 14.4 Å². The molecule has 0 spiro atoms. The Morgan fingerprint density at radius 2 is 1.80 bits per heavy atom. The fourth-order valence-corrected chi connectivity index (χ4v) is 3.97. The number of amides is 2. The number of halogens is 1. The minimum absolute atomic E-state index is 0.00113. The van der Waals surface area contributed by atoms with Gasteiger partial charge in [-0.1, -0.05) is 36.7 Å². The van der Waals surface area contributed by atoms with Gasteiger partial charge in [0.05, 0.1) is 19.7 Å². The van der Waals surface area contributed by atoms with Gasteiger partial charge >= 0.3 is 5.97 Å². The Labute approximate surface area is 185 Å².